The van der Waals surface area contributed by atoms with Gasteiger partial charge >= 0.3 is 0 Å². The predicted molar refractivity (Wildman–Crippen MR) is 102 cm³/mol. The Kier molecular flexibility index (Phi) is 6.58. The van der Waals surface area contributed by atoms with Crippen LogP contribution in [0.4, 0.5) is 0 Å². The van der Waals surface area contributed by atoms with Gasteiger partial charge in [0.25, 0.3) is 0 Å². The van der Waals surface area contributed by atoms with Crippen molar-refractivity contribution in [2.75, 3.05) is 26.7 Å². The number of amides is 1. The van der Waals surface area contributed by atoms with Crippen molar-refractivity contribution in [2.45, 2.75) is 38.5 Å². The van der Waals surface area contributed by atoms with E-state index in [1.165, 1.54) is 23.5 Å². The lowest BCUT2D eigenvalue weighted by atomic mass is 9.95. The summed E-state index contributed by atoms with van der Waals surface area (Å²) in [5, 5.41) is 3.25. The minimum Gasteiger partial charge on any atom is -0.495 e. The first kappa shape index (κ1) is 21.0. The summed E-state index contributed by atoms with van der Waals surface area (Å²) in [6, 6.07) is 4.50. The zero-order chi connectivity index (χ0) is 19.5. The van der Waals surface area contributed by atoms with Crippen LogP contribution in [0.5, 0.6) is 5.75 Å². The third-order valence-electron chi connectivity index (χ3n) is 4.29. The summed E-state index contributed by atoms with van der Waals surface area (Å²) in [5.74, 6) is -0.211. The smallest absolute Gasteiger partial charge is 0.246 e. The molecule has 0 saturated carbocycles. The number of piperidine rings is 1. The predicted octanol–water partition coefficient (Wildman–Crippen LogP) is 2.91. The van der Waals surface area contributed by atoms with Crippen molar-refractivity contribution in [3.05, 3.63) is 23.2 Å². The lowest BCUT2D eigenvalue weighted by Gasteiger charge is -2.32. The summed E-state index contributed by atoms with van der Waals surface area (Å²) in [6.45, 7) is 7.20. The topological polar surface area (TPSA) is 75.7 Å². The first-order valence-corrected chi connectivity index (χ1v) is 10.5. The van der Waals surface area contributed by atoms with Gasteiger partial charge in [0.05, 0.1) is 13.0 Å². The number of ether oxygens (including phenoxy) is 1. The molecule has 1 saturated heterocycles. The maximum absolute atomic E-state index is 13.1. The molecule has 8 heteroatoms. The number of benzene rings is 1. The van der Waals surface area contributed by atoms with E-state index in [9.17, 15) is 13.2 Å². The van der Waals surface area contributed by atoms with Gasteiger partial charge in [-0.3, -0.25) is 4.79 Å². The van der Waals surface area contributed by atoms with Crippen LogP contribution in [0, 0.1) is 11.3 Å². The fraction of sp³-hybridized carbons (Fsp3) is 0.611. The molecular weight excluding hydrogens is 376 g/mol. The summed E-state index contributed by atoms with van der Waals surface area (Å²) in [4.78, 5) is 12.5. The lowest BCUT2D eigenvalue weighted by Crippen LogP contribution is -2.46. The number of halogens is 1. The molecule has 1 unspecified atom stereocenters. The van der Waals surface area contributed by atoms with Crippen LogP contribution in [0.1, 0.15) is 33.6 Å². The Labute approximate surface area is 160 Å². The maximum atomic E-state index is 13.1. The highest BCUT2D eigenvalue weighted by Crippen LogP contribution is 2.32. The van der Waals surface area contributed by atoms with E-state index in [1.807, 2.05) is 20.8 Å². The second kappa shape index (κ2) is 8.15. The third kappa shape index (κ3) is 5.11. The van der Waals surface area contributed by atoms with Crippen LogP contribution < -0.4 is 10.1 Å². The molecule has 0 spiro atoms. The minimum atomic E-state index is -3.79. The van der Waals surface area contributed by atoms with Gasteiger partial charge < -0.3 is 10.1 Å². The van der Waals surface area contributed by atoms with Gasteiger partial charge in [0.15, 0.2) is 0 Å². The minimum absolute atomic E-state index is 0.0236. The molecule has 1 aliphatic heterocycles. The highest BCUT2D eigenvalue weighted by molar-refractivity contribution is 7.89. The van der Waals surface area contributed by atoms with Gasteiger partial charge in [-0.1, -0.05) is 32.4 Å². The molecule has 2 rings (SSSR count). The molecule has 0 radical (unpaired) electrons. The Balaban J connectivity index is 2.18. The van der Waals surface area contributed by atoms with Crippen molar-refractivity contribution in [3.8, 4) is 5.75 Å². The van der Waals surface area contributed by atoms with Gasteiger partial charge in [0, 0.05) is 24.7 Å². The van der Waals surface area contributed by atoms with Crippen molar-refractivity contribution in [1.29, 1.82) is 0 Å². The van der Waals surface area contributed by atoms with E-state index in [2.05, 4.69) is 5.32 Å². The van der Waals surface area contributed by atoms with Crippen LogP contribution in [0.25, 0.3) is 0 Å². The number of hydrogen-bond acceptors (Lipinski definition) is 4. The second-order valence-electron chi connectivity index (χ2n) is 7.78. The van der Waals surface area contributed by atoms with Crippen molar-refractivity contribution in [3.63, 3.8) is 0 Å². The largest absolute Gasteiger partial charge is 0.495 e. The Bertz CT molecular complexity index is 759. The maximum Gasteiger partial charge on any atom is 0.246 e. The van der Waals surface area contributed by atoms with Gasteiger partial charge in [-0.15, -0.1) is 0 Å². The molecule has 146 valence electrons. The Hall–Kier alpha value is -1.31. The molecule has 1 amide bonds. The third-order valence-corrected chi connectivity index (χ3v) is 6.41. The molecule has 0 aromatic heterocycles. The molecule has 1 aromatic rings. The van der Waals surface area contributed by atoms with Crippen LogP contribution >= 0.6 is 11.6 Å². The first-order chi connectivity index (χ1) is 12.0. The van der Waals surface area contributed by atoms with Crippen LogP contribution in [0.2, 0.25) is 5.02 Å². The van der Waals surface area contributed by atoms with Gasteiger partial charge in [0.1, 0.15) is 10.6 Å². The Morgan fingerprint density at radius 3 is 2.69 bits per heavy atom. The fourth-order valence-electron chi connectivity index (χ4n) is 2.86. The summed E-state index contributed by atoms with van der Waals surface area (Å²) >= 11 is 5.98. The van der Waals surface area contributed by atoms with E-state index in [4.69, 9.17) is 16.3 Å². The molecule has 26 heavy (non-hydrogen) atoms. The first-order valence-electron chi connectivity index (χ1n) is 8.66. The highest BCUT2D eigenvalue weighted by atomic mass is 35.5. The molecule has 0 aliphatic carbocycles. The quantitative estimate of drug-likeness (QED) is 0.821. The molecule has 1 aromatic carbocycles. The average molecular weight is 403 g/mol. The van der Waals surface area contributed by atoms with Gasteiger partial charge in [-0.2, -0.15) is 4.31 Å². The van der Waals surface area contributed by atoms with E-state index < -0.39 is 10.0 Å². The van der Waals surface area contributed by atoms with Crippen LogP contribution in [0.15, 0.2) is 23.1 Å². The van der Waals surface area contributed by atoms with Crippen molar-refractivity contribution in [2.24, 2.45) is 11.3 Å². The molecule has 6 nitrogen and oxygen atoms in total. The van der Waals surface area contributed by atoms with E-state index in [-0.39, 0.29) is 34.4 Å². The standard InChI is InChI=1S/C18H27ClN2O4S/c1-18(2,3)12-20-17(22)13-6-5-9-21(11-13)26(23,24)16-10-14(19)7-8-15(16)25-4/h7-8,10,13H,5-6,9,11-12H2,1-4H3,(H,20,22). The normalized spacial score (nSPS) is 19.2. The van der Waals surface area contributed by atoms with Crippen LogP contribution in [0.3, 0.4) is 0 Å². The molecule has 1 heterocycles. The number of sulfonamides is 1. The monoisotopic (exact) mass is 402 g/mol. The summed E-state index contributed by atoms with van der Waals surface area (Å²) in [7, 11) is -2.38. The SMILES string of the molecule is COc1ccc(Cl)cc1S(=O)(=O)N1CCCC(C(=O)NCC(C)(C)C)C1. The molecule has 1 atom stereocenters. The molecule has 1 N–H and O–H groups in total. The Morgan fingerprint density at radius 1 is 1.38 bits per heavy atom. The van der Waals surface area contributed by atoms with Crippen molar-refractivity contribution < 1.29 is 17.9 Å². The van der Waals surface area contributed by atoms with E-state index in [0.29, 0.717) is 31.0 Å². The van der Waals surface area contributed by atoms with E-state index in [1.54, 1.807) is 6.07 Å². The molecular formula is C18H27ClN2O4S. The number of hydrogen-bond donors (Lipinski definition) is 1. The average Bonchev–Trinajstić information content (AvgIpc) is 2.59. The van der Waals surface area contributed by atoms with E-state index >= 15 is 0 Å². The second-order valence-corrected chi connectivity index (χ2v) is 10.1. The van der Waals surface area contributed by atoms with Crippen LogP contribution in [-0.2, 0) is 14.8 Å². The lowest BCUT2D eigenvalue weighted by molar-refractivity contribution is -0.126. The zero-order valence-corrected chi connectivity index (χ0v) is 17.3. The van der Waals surface area contributed by atoms with Crippen molar-refractivity contribution in [1.82, 2.24) is 9.62 Å². The highest BCUT2D eigenvalue weighted by Gasteiger charge is 2.35. The Morgan fingerprint density at radius 2 is 2.08 bits per heavy atom. The summed E-state index contributed by atoms with van der Waals surface area (Å²) in [5.41, 5.74) is -0.0236. The number of methoxy groups -OCH3 is 1. The number of carbonyl (C=O) groups excluding carboxylic acids is 1. The summed E-state index contributed by atoms with van der Waals surface area (Å²) in [6.07, 6.45) is 1.31. The number of rotatable bonds is 5. The molecule has 0 bridgehead atoms. The molecule has 1 fully saturated rings. The van der Waals surface area contributed by atoms with Crippen LogP contribution in [-0.4, -0.2) is 45.4 Å². The summed E-state index contributed by atoms with van der Waals surface area (Å²) < 4.78 is 32.7. The molecule has 1 aliphatic rings. The van der Waals surface area contributed by atoms with Crippen molar-refractivity contribution >= 4 is 27.5 Å². The zero-order valence-electron chi connectivity index (χ0n) is 15.7. The number of nitrogens with one attached hydrogen (secondary N) is 1. The number of nitrogens with zero attached hydrogens (tertiary/aromatic N) is 1. The fourth-order valence-corrected chi connectivity index (χ4v) is 4.80. The van der Waals surface area contributed by atoms with Gasteiger partial charge in [-0.05, 0) is 36.5 Å². The van der Waals surface area contributed by atoms with Gasteiger partial charge in [0.2, 0.25) is 15.9 Å². The van der Waals surface area contributed by atoms with E-state index in [0.717, 1.165) is 0 Å². The number of carbonyl (C=O) groups is 1. The van der Waals surface area contributed by atoms with Gasteiger partial charge in [-0.25, -0.2) is 8.42 Å².